The molecule has 2 nitrogen and oxygen atoms in total. The van der Waals surface area contributed by atoms with Crippen LogP contribution in [0.25, 0.3) is 0 Å². The van der Waals surface area contributed by atoms with E-state index in [4.69, 9.17) is 11.6 Å². The average molecular weight is 260 g/mol. The predicted octanol–water partition coefficient (Wildman–Crippen LogP) is 4.03. The van der Waals surface area contributed by atoms with Gasteiger partial charge < -0.3 is 0 Å². The Bertz CT molecular complexity index is 566. The molecule has 0 bridgehead atoms. The molecule has 1 atom stereocenters. The van der Waals surface area contributed by atoms with E-state index in [-0.39, 0.29) is 11.7 Å². The fourth-order valence-electron chi connectivity index (χ4n) is 1.82. The Kier molecular flexibility index (Phi) is 3.78. The Labute approximate surface area is 112 Å². The molecular weight excluding hydrogens is 246 g/mol. The normalized spacial score (nSPS) is 12.2. The van der Waals surface area contributed by atoms with Crippen molar-refractivity contribution in [2.24, 2.45) is 0 Å². The number of nitrogens with zero attached hydrogens (tertiary/aromatic N) is 1. The van der Waals surface area contributed by atoms with Gasteiger partial charge in [0.25, 0.3) is 0 Å². The molecule has 0 aliphatic rings. The SMILES string of the molecule is Cc1ccc(C(=O)C(C)c2ccccn2)c(Cl)c1. The highest BCUT2D eigenvalue weighted by Gasteiger charge is 2.20. The molecule has 0 radical (unpaired) electrons. The molecule has 0 spiro atoms. The number of hydrogen-bond donors (Lipinski definition) is 0. The summed E-state index contributed by atoms with van der Waals surface area (Å²) in [6.07, 6.45) is 1.69. The van der Waals surface area contributed by atoms with Crippen molar-refractivity contribution in [2.75, 3.05) is 0 Å². The monoisotopic (exact) mass is 259 g/mol. The minimum absolute atomic E-state index is 0.00120. The van der Waals surface area contributed by atoms with Gasteiger partial charge in [-0.25, -0.2) is 0 Å². The van der Waals surface area contributed by atoms with Gasteiger partial charge >= 0.3 is 0 Å². The van der Waals surface area contributed by atoms with Gasteiger partial charge in [-0.1, -0.05) is 23.7 Å². The third-order valence-corrected chi connectivity index (χ3v) is 3.23. The molecular formula is C15H14ClNO. The van der Waals surface area contributed by atoms with Crippen molar-refractivity contribution in [3.8, 4) is 0 Å². The lowest BCUT2D eigenvalue weighted by Crippen LogP contribution is -2.11. The van der Waals surface area contributed by atoms with Gasteiger partial charge in [-0.05, 0) is 43.7 Å². The average Bonchev–Trinajstić information content (AvgIpc) is 2.38. The van der Waals surface area contributed by atoms with Gasteiger partial charge in [0.1, 0.15) is 0 Å². The Morgan fingerprint density at radius 1 is 1.28 bits per heavy atom. The van der Waals surface area contributed by atoms with Crippen LogP contribution in [0.1, 0.15) is 34.5 Å². The van der Waals surface area contributed by atoms with E-state index in [2.05, 4.69) is 4.98 Å². The predicted molar refractivity (Wildman–Crippen MR) is 73.2 cm³/mol. The molecule has 0 aliphatic carbocycles. The van der Waals surface area contributed by atoms with Gasteiger partial charge in [0.2, 0.25) is 0 Å². The quantitative estimate of drug-likeness (QED) is 0.779. The molecule has 0 N–H and O–H groups in total. The minimum Gasteiger partial charge on any atom is -0.293 e. The third-order valence-electron chi connectivity index (χ3n) is 2.91. The number of rotatable bonds is 3. The second-order valence-corrected chi connectivity index (χ2v) is 4.73. The van der Waals surface area contributed by atoms with Crippen molar-refractivity contribution in [2.45, 2.75) is 19.8 Å². The number of Topliss-reactive ketones (excluding diaryl/α,β-unsaturated/α-hetero) is 1. The van der Waals surface area contributed by atoms with E-state index in [9.17, 15) is 4.79 Å². The molecule has 1 aromatic carbocycles. The zero-order chi connectivity index (χ0) is 13.1. The second-order valence-electron chi connectivity index (χ2n) is 4.32. The summed E-state index contributed by atoms with van der Waals surface area (Å²) in [5, 5.41) is 0.503. The van der Waals surface area contributed by atoms with Gasteiger partial charge in [0.05, 0.1) is 16.6 Å². The van der Waals surface area contributed by atoms with E-state index in [0.717, 1.165) is 11.3 Å². The molecule has 0 amide bonds. The number of carbonyl (C=O) groups is 1. The lowest BCUT2D eigenvalue weighted by atomic mass is 9.95. The van der Waals surface area contributed by atoms with E-state index in [1.54, 1.807) is 18.3 Å². The molecule has 0 saturated heterocycles. The van der Waals surface area contributed by atoms with Gasteiger partial charge in [0, 0.05) is 11.8 Å². The number of aromatic nitrogens is 1. The molecule has 1 aromatic heterocycles. The Hall–Kier alpha value is -1.67. The number of ketones is 1. The Morgan fingerprint density at radius 3 is 2.67 bits per heavy atom. The molecule has 92 valence electrons. The van der Waals surface area contributed by atoms with Gasteiger partial charge in [-0.2, -0.15) is 0 Å². The summed E-state index contributed by atoms with van der Waals surface area (Å²) >= 11 is 6.11. The van der Waals surface area contributed by atoms with Crippen molar-refractivity contribution in [1.82, 2.24) is 4.98 Å². The lowest BCUT2D eigenvalue weighted by Gasteiger charge is -2.11. The number of carbonyl (C=O) groups excluding carboxylic acids is 1. The molecule has 3 heteroatoms. The summed E-state index contributed by atoms with van der Waals surface area (Å²) < 4.78 is 0. The first-order valence-corrected chi connectivity index (χ1v) is 6.18. The van der Waals surface area contributed by atoms with Gasteiger partial charge in [-0.15, -0.1) is 0 Å². The first kappa shape index (κ1) is 12.8. The molecule has 0 fully saturated rings. The van der Waals surface area contributed by atoms with E-state index in [1.165, 1.54) is 0 Å². The van der Waals surface area contributed by atoms with Crippen molar-refractivity contribution in [3.05, 3.63) is 64.4 Å². The maximum absolute atomic E-state index is 12.4. The zero-order valence-electron chi connectivity index (χ0n) is 10.4. The number of benzene rings is 1. The molecule has 1 unspecified atom stereocenters. The highest BCUT2D eigenvalue weighted by molar-refractivity contribution is 6.34. The smallest absolute Gasteiger partial charge is 0.173 e. The summed E-state index contributed by atoms with van der Waals surface area (Å²) in [5.41, 5.74) is 2.36. The molecule has 0 aliphatic heterocycles. The van der Waals surface area contributed by atoms with Crippen molar-refractivity contribution in [3.63, 3.8) is 0 Å². The van der Waals surface area contributed by atoms with E-state index < -0.39 is 0 Å². The largest absolute Gasteiger partial charge is 0.293 e. The first-order valence-electron chi connectivity index (χ1n) is 5.81. The van der Waals surface area contributed by atoms with Crippen LogP contribution in [-0.2, 0) is 0 Å². The maximum atomic E-state index is 12.4. The molecule has 0 saturated carbocycles. The van der Waals surface area contributed by atoms with E-state index >= 15 is 0 Å². The van der Waals surface area contributed by atoms with Crippen LogP contribution in [0.4, 0.5) is 0 Å². The summed E-state index contributed by atoms with van der Waals surface area (Å²) in [7, 11) is 0. The van der Waals surface area contributed by atoms with Crippen molar-refractivity contribution in [1.29, 1.82) is 0 Å². The Balaban J connectivity index is 2.32. The highest BCUT2D eigenvalue weighted by atomic mass is 35.5. The molecule has 1 heterocycles. The summed E-state index contributed by atoms with van der Waals surface area (Å²) in [6.45, 7) is 3.79. The number of aryl methyl sites for hydroxylation is 1. The summed E-state index contributed by atoms with van der Waals surface area (Å²) in [5.74, 6) is -0.287. The zero-order valence-corrected chi connectivity index (χ0v) is 11.1. The standard InChI is InChI=1S/C15H14ClNO/c1-10-6-7-12(13(16)9-10)15(18)11(2)14-5-3-4-8-17-14/h3-9,11H,1-2H3. The lowest BCUT2D eigenvalue weighted by molar-refractivity contribution is 0.0964. The second kappa shape index (κ2) is 5.32. The van der Waals surface area contributed by atoms with Crippen molar-refractivity contribution < 1.29 is 4.79 Å². The fraction of sp³-hybridized carbons (Fsp3) is 0.200. The van der Waals surface area contributed by atoms with Crippen LogP contribution in [0.3, 0.4) is 0 Å². The first-order chi connectivity index (χ1) is 8.59. The van der Waals surface area contributed by atoms with Crippen LogP contribution < -0.4 is 0 Å². The van der Waals surface area contributed by atoms with Crippen LogP contribution in [0.5, 0.6) is 0 Å². The van der Waals surface area contributed by atoms with Crippen molar-refractivity contribution >= 4 is 17.4 Å². The number of halogens is 1. The number of pyridine rings is 1. The topological polar surface area (TPSA) is 30.0 Å². The fourth-order valence-corrected chi connectivity index (χ4v) is 2.15. The summed E-state index contributed by atoms with van der Waals surface area (Å²) in [4.78, 5) is 16.6. The maximum Gasteiger partial charge on any atom is 0.173 e. The molecule has 2 aromatic rings. The number of hydrogen-bond acceptors (Lipinski definition) is 2. The van der Waals surface area contributed by atoms with Gasteiger partial charge in [0.15, 0.2) is 5.78 Å². The van der Waals surface area contributed by atoms with E-state index in [0.29, 0.717) is 10.6 Å². The van der Waals surface area contributed by atoms with Crippen LogP contribution >= 0.6 is 11.6 Å². The van der Waals surface area contributed by atoms with Crippen LogP contribution in [0.2, 0.25) is 5.02 Å². The minimum atomic E-state index is -0.286. The molecule has 18 heavy (non-hydrogen) atoms. The Morgan fingerprint density at radius 2 is 2.06 bits per heavy atom. The van der Waals surface area contributed by atoms with E-state index in [1.807, 2.05) is 38.1 Å². The van der Waals surface area contributed by atoms with Crippen LogP contribution in [0.15, 0.2) is 42.6 Å². The van der Waals surface area contributed by atoms with Crippen LogP contribution in [-0.4, -0.2) is 10.8 Å². The molecule has 2 rings (SSSR count). The highest BCUT2D eigenvalue weighted by Crippen LogP contribution is 2.24. The van der Waals surface area contributed by atoms with Crippen LogP contribution in [0, 0.1) is 6.92 Å². The third kappa shape index (κ3) is 2.59. The summed E-state index contributed by atoms with van der Waals surface area (Å²) in [6, 6.07) is 11.0. The van der Waals surface area contributed by atoms with Gasteiger partial charge in [-0.3, -0.25) is 9.78 Å².